The van der Waals surface area contributed by atoms with Crippen molar-refractivity contribution in [2.24, 2.45) is 11.8 Å². The Hall–Kier alpha value is -2.19. The van der Waals surface area contributed by atoms with Gasteiger partial charge in [0.2, 0.25) is 0 Å². The minimum Gasteiger partial charge on any atom is -0.302 e. The highest BCUT2D eigenvalue weighted by molar-refractivity contribution is 7.15. The minimum atomic E-state index is -4.29. The third kappa shape index (κ3) is 3.36. The highest BCUT2D eigenvalue weighted by atomic mass is 32.1. The zero-order chi connectivity index (χ0) is 21.0. The van der Waals surface area contributed by atoms with E-state index in [9.17, 15) is 18.0 Å². The number of hydrogen-bond acceptors (Lipinski definition) is 4. The molecule has 3 unspecified atom stereocenters. The Labute approximate surface area is 176 Å². The predicted molar refractivity (Wildman–Crippen MR) is 110 cm³/mol. The molecule has 0 bridgehead atoms. The molecule has 5 rings (SSSR count). The van der Waals surface area contributed by atoms with Gasteiger partial charge in [0.1, 0.15) is 0 Å². The van der Waals surface area contributed by atoms with E-state index in [1.54, 1.807) is 22.7 Å². The van der Waals surface area contributed by atoms with Crippen molar-refractivity contribution in [3.8, 4) is 0 Å². The summed E-state index contributed by atoms with van der Waals surface area (Å²) in [4.78, 5) is 20.4. The van der Waals surface area contributed by atoms with Crippen LogP contribution < -0.4 is 5.56 Å². The number of likely N-dealkylation sites (tertiary alicyclic amines) is 1. The Morgan fingerprint density at radius 1 is 1.20 bits per heavy atom. The van der Waals surface area contributed by atoms with Gasteiger partial charge < -0.3 is 4.90 Å². The molecule has 0 N–H and O–H groups in total. The zero-order valence-corrected chi connectivity index (χ0v) is 17.3. The summed E-state index contributed by atoms with van der Waals surface area (Å²) in [6.45, 7) is 4.63. The number of rotatable bonds is 4. The molecule has 4 nitrogen and oxygen atoms in total. The number of benzene rings is 1. The van der Waals surface area contributed by atoms with Crippen LogP contribution in [0.15, 0.2) is 40.6 Å². The third-order valence-corrected chi connectivity index (χ3v) is 7.51. The number of aromatic nitrogens is 2. The molecule has 1 aliphatic heterocycles. The number of alkyl halides is 3. The van der Waals surface area contributed by atoms with Gasteiger partial charge >= 0.3 is 6.18 Å². The fraction of sp³-hybridized carbons (Fsp3) is 0.455. The molecule has 8 heteroatoms. The Morgan fingerprint density at radius 3 is 2.70 bits per heavy atom. The molecule has 1 aromatic carbocycles. The van der Waals surface area contributed by atoms with Crippen LogP contribution in [0.2, 0.25) is 0 Å². The first-order valence-corrected chi connectivity index (χ1v) is 11.0. The van der Waals surface area contributed by atoms with Crippen LogP contribution in [-0.4, -0.2) is 33.9 Å². The van der Waals surface area contributed by atoms with Gasteiger partial charge in [-0.25, -0.2) is 4.98 Å². The van der Waals surface area contributed by atoms with Gasteiger partial charge in [0, 0.05) is 42.5 Å². The molecule has 30 heavy (non-hydrogen) atoms. The molecule has 3 atom stereocenters. The van der Waals surface area contributed by atoms with E-state index in [4.69, 9.17) is 0 Å². The van der Waals surface area contributed by atoms with Crippen molar-refractivity contribution in [1.82, 2.24) is 14.3 Å². The molecule has 1 aliphatic carbocycles. The van der Waals surface area contributed by atoms with Crippen molar-refractivity contribution in [1.29, 1.82) is 0 Å². The van der Waals surface area contributed by atoms with Crippen LogP contribution in [0.5, 0.6) is 0 Å². The quantitative estimate of drug-likeness (QED) is 0.614. The van der Waals surface area contributed by atoms with Gasteiger partial charge in [0.05, 0.1) is 5.56 Å². The van der Waals surface area contributed by atoms with Crippen molar-refractivity contribution in [2.75, 3.05) is 19.6 Å². The third-order valence-electron chi connectivity index (χ3n) is 6.75. The lowest BCUT2D eigenvalue weighted by atomic mass is 9.64. The summed E-state index contributed by atoms with van der Waals surface area (Å²) in [5.74, 6) is 1.41. The van der Waals surface area contributed by atoms with Crippen LogP contribution in [0.25, 0.3) is 4.96 Å². The summed E-state index contributed by atoms with van der Waals surface area (Å²) in [6, 6.07) is 5.66. The maximum Gasteiger partial charge on any atom is 0.416 e. The lowest BCUT2D eigenvalue weighted by Gasteiger charge is -2.40. The van der Waals surface area contributed by atoms with Crippen LogP contribution >= 0.6 is 11.3 Å². The largest absolute Gasteiger partial charge is 0.416 e. The van der Waals surface area contributed by atoms with Crippen LogP contribution in [-0.2, 0) is 12.6 Å². The number of thiazole rings is 1. The fourth-order valence-electron chi connectivity index (χ4n) is 5.06. The maximum atomic E-state index is 12.8. The maximum absolute atomic E-state index is 12.8. The summed E-state index contributed by atoms with van der Waals surface area (Å²) >= 11 is 1.46. The van der Waals surface area contributed by atoms with Gasteiger partial charge in [-0.05, 0) is 55.2 Å². The highest BCUT2D eigenvalue weighted by Crippen LogP contribution is 2.51. The fourth-order valence-corrected chi connectivity index (χ4v) is 5.81. The van der Waals surface area contributed by atoms with Gasteiger partial charge in [-0.15, -0.1) is 11.3 Å². The van der Waals surface area contributed by atoms with E-state index in [0.717, 1.165) is 47.8 Å². The average molecular weight is 433 g/mol. The van der Waals surface area contributed by atoms with Gasteiger partial charge in [0.15, 0.2) is 4.96 Å². The number of halogens is 3. The average Bonchev–Trinajstić information content (AvgIpc) is 3.27. The van der Waals surface area contributed by atoms with Crippen molar-refractivity contribution in [2.45, 2.75) is 31.9 Å². The Morgan fingerprint density at radius 2 is 1.97 bits per heavy atom. The van der Waals surface area contributed by atoms with E-state index in [2.05, 4.69) is 9.88 Å². The van der Waals surface area contributed by atoms with E-state index >= 15 is 0 Å². The normalized spacial score (nSPS) is 24.2. The minimum absolute atomic E-state index is 0.0172. The van der Waals surface area contributed by atoms with Gasteiger partial charge in [0.25, 0.3) is 5.56 Å². The van der Waals surface area contributed by atoms with E-state index in [1.165, 1.54) is 23.5 Å². The molecule has 2 aliphatic rings. The SMILES string of the molecule is Cc1nc2sccn2c(=O)c1CCN1CC2CC(c3ccc(C(F)(F)F)cc3)C2C1. The number of hydrogen-bond donors (Lipinski definition) is 0. The van der Waals surface area contributed by atoms with Crippen LogP contribution in [0.3, 0.4) is 0 Å². The number of nitrogens with zero attached hydrogens (tertiary/aromatic N) is 3. The van der Waals surface area contributed by atoms with Crippen LogP contribution in [0.1, 0.15) is 34.7 Å². The zero-order valence-electron chi connectivity index (χ0n) is 16.5. The monoisotopic (exact) mass is 433 g/mol. The Balaban J connectivity index is 1.24. The summed E-state index contributed by atoms with van der Waals surface area (Å²) in [6.07, 6.45) is -0.830. The Bertz CT molecular complexity index is 1140. The summed E-state index contributed by atoms with van der Waals surface area (Å²) in [5.41, 5.74) is 2.00. The lowest BCUT2D eigenvalue weighted by molar-refractivity contribution is -0.137. The van der Waals surface area contributed by atoms with Crippen molar-refractivity contribution in [3.05, 3.63) is 68.6 Å². The van der Waals surface area contributed by atoms with Crippen LogP contribution in [0, 0.1) is 18.8 Å². The second-order valence-corrected chi connectivity index (χ2v) is 9.30. The molecule has 0 amide bonds. The van der Waals surface area contributed by atoms with E-state index in [-0.39, 0.29) is 5.56 Å². The first kappa shape index (κ1) is 19.8. The first-order valence-electron chi connectivity index (χ1n) is 10.2. The molecule has 2 aromatic heterocycles. The lowest BCUT2D eigenvalue weighted by Crippen LogP contribution is -2.33. The van der Waals surface area contributed by atoms with Crippen molar-refractivity contribution in [3.63, 3.8) is 0 Å². The molecule has 3 aromatic rings. The van der Waals surface area contributed by atoms with Crippen molar-refractivity contribution >= 4 is 16.3 Å². The number of aryl methyl sites for hydroxylation is 1. The van der Waals surface area contributed by atoms with Gasteiger partial charge in [-0.1, -0.05) is 12.1 Å². The Kier molecular flexibility index (Phi) is 4.74. The summed E-state index contributed by atoms with van der Waals surface area (Å²) in [7, 11) is 0. The molecule has 2 fully saturated rings. The predicted octanol–water partition coefficient (Wildman–Crippen LogP) is 4.36. The second-order valence-electron chi connectivity index (χ2n) is 8.43. The van der Waals surface area contributed by atoms with Crippen LogP contribution in [0.4, 0.5) is 13.2 Å². The summed E-state index contributed by atoms with van der Waals surface area (Å²) < 4.78 is 40.0. The smallest absolute Gasteiger partial charge is 0.302 e. The molecule has 1 saturated carbocycles. The molecule has 0 spiro atoms. The van der Waals surface area contributed by atoms with Gasteiger partial charge in [-0.2, -0.15) is 13.2 Å². The standard InChI is InChI=1S/C22H22F3N3OS/c1-13-17(20(29)28-8-9-30-21(28)26-13)6-7-27-11-15-10-18(19(15)12-27)14-2-4-16(5-3-14)22(23,24)25/h2-5,8-9,15,18-19H,6-7,10-12H2,1H3. The first-order chi connectivity index (χ1) is 14.3. The topological polar surface area (TPSA) is 37.6 Å². The van der Waals surface area contributed by atoms with Gasteiger partial charge in [-0.3, -0.25) is 9.20 Å². The van der Waals surface area contributed by atoms with Crippen molar-refractivity contribution < 1.29 is 13.2 Å². The molecular formula is C22H22F3N3OS. The molecule has 0 radical (unpaired) electrons. The number of fused-ring (bicyclic) bond motifs is 2. The molecule has 3 heterocycles. The van der Waals surface area contributed by atoms with E-state index in [0.29, 0.717) is 24.2 Å². The summed E-state index contributed by atoms with van der Waals surface area (Å²) in [5, 5.41) is 1.87. The molecular weight excluding hydrogens is 411 g/mol. The molecule has 158 valence electrons. The van der Waals surface area contributed by atoms with E-state index < -0.39 is 11.7 Å². The molecule has 1 saturated heterocycles. The highest BCUT2D eigenvalue weighted by Gasteiger charge is 2.47. The second kappa shape index (κ2) is 7.20. The van der Waals surface area contributed by atoms with E-state index in [1.807, 2.05) is 12.3 Å².